The summed E-state index contributed by atoms with van der Waals surface area (Å²) in [5.41, 5.74) is 1.61. The summed E-state index contributed by atoms with van der Waals surface area (Å²) in [7, 11) is 0. The van der Waals surface area contributed by atoms with Crippen molar-refractivity contribution in [3.05, 3.63) is 18.0 Å². The molecule has 1 aromatic rings. The van der Waals surface area contributed by atoms with Crippen LogP contribution in [0, 0.1) is 5.41 Å². The highest BCUT2D eigenvalue weighted by atomic mass is 15.3. The van der Waals surface area contributed by atoms with E-state index in [2.05, 4.69) is 56.9 Å². The van der Waals surface area contributed by atoms with Gasteiger partial charge in [0.25, 0.3) is 0 Å². The number of aromatic nitrogens is 2. The summed E-state index contributed by atoms with van der Waals surface area (Å²) >= 11 is 0. The molecule has 0 amide bonds. The second kappa shape index (κ2) is 9.24. The van der Waals surface area contributed by atoms with E-state index in [-0.39, 0.29) is 0 Å². The molecule has 0 aromatic carbocycles. The summed E-state index contributed by atoms with van der Waals surface area (Å²) in [6.07, 6.45) is 9.53. The molecule has 0 aliphatic heterocycles. The molecule has 1 unspecified atom stereocenters. The standard InChI is InChI=1S/C18H35N3/c1-6-9-11-18(8-3,15-19-12-7-2)14-17-10-13-21(20-17)16(4)5/h10,13,16,19H,6-9,11-12,14-15H2,1-5H3. The van der Waals surface area contributed by atoms with E-state index in [0.717, 1.165) is 19.5 Å². The highest BCUT2D eigenvalue weighted by Crippen LogP contribution is 2.32. The number of rotatable bonds is 11. The largest absolute Gasteiger partial charge is 0.316 e. The smallest absolute Gasteiger partial charge is 0.0630 e. The minimum atomic E-state index is 0.362. The second-order valence-corrected chi connectivity index (χ2v) is 6.69. The minimum Gasteiger partial charge on any atom is -0.316 e. The van der Waals surface area contributed by atoms with Crippen LogP contribution in [0.15, 0.2) is 12.3 Å². The van der Waals surface area contributed by atoms with Crippen molar-refractivity contribution >= 4 is 0 Å². The van der Waals surface area contributed by atoms with Gasteiger partial charge < -0.3 is 5.32 Å². The average molecular weight is 293 g/mol. The molecule has 1 aromatic heterocycles. The fourth-order valence-electron chi connectivity index (χ4n) is 2.89. The predicted octanol–water partition coefficient (Wildman–Crippen LogP) is 4.59. The van der Waals surface area contributed by atoms with Gasteiger partial charge in [-0.2, -0.15) is 5.10 Å². The number of hydrogen-bond acceptors (Lipinski definition) is 2. The number of nitrogens with zero attached hydrogens (tertiary/aromatic N) is 2. The van der Waals surface area contributed by atoms with Crippen LogP contribution < -0.4 is 5.32 Å². The van der Waals surface area contributed by atoms with Gasteiger partial charge in [-0.1, -0.05) is 33.6 Å². The van der Waals surface area contributed by atoms with E-state index >= 15 is 0 Å². The third-order valence-corrected chi connectivity index (χ3v) is 4.49. The molecule has 1 N–H and O–H groups in total. The van der Waals surface area contributed by atoms with Crippen LogP contribution in [-0.2, 0) is 6.42 Å². The van der Waals surface area contributed by atoms with Gasteiger partial charge in [-0.15, -0.1) is 0 Å². The third kappa shape index (κ3) is 5.82. The first-order chi connectivity index (χ1) is 10.1. The maximum atomic E-state index is 4.77. The Balaban J connectivity index is 2.77. The van der Waals surface area contributed by atoms with Crippen LogP contribution in [0.5, 0.6) is 0 Å². The van der Waals surface area contributed by atoms with Crippen LogP contribution in [-0.4, -0.2) is 22.9 Å². The molecule has 0 radical (unpaired) electrons. The minimum absolute atomic E-state index is 0.362. The summed E-state index contributed by atoms with van der Waals surface area (Å²) in [5, 5.41) is 8.42. The van der Waals surface area contributed by atoms with Gasteiger partial charge in [0.15, 0.2) is 0 Å². The van der Waals surface area contributed by atoms with E-state index in [9.17, 15) is 0 Å². The lowest BCUT2D eigenvalue weighted by Crippen LogP contribution is -2.36. The Morgan fingerprint density at radius 3 is 2.52 bits per heavy atom. The highest BCUT2D eigenvalue weighted by Gasteiger charge is 2.28. The summed E-state index contributed by atoms with van der Waals surface area (Å²) in [4.78, 5) is 0. The van der Waals surface area contributed by atoms with Crippen LogP contribution in [0.3, 0.4) is 0 Å². The lowest BCUT2D eigenvalue weighted by molar-refractivity contribution is 0.226. The molecule has 1 rings (SSSR count). The van der Waals surface area contributed by atoms with Gasteiger partial charge in [-0.05, 0) is 57.6 Å². The Morgan fingerprint density at radius 2 is 2.00 bits per heavy atom. The monoisotopic (exact) mass is 293 g/mol. The van der Waals surface area contributed by atoms with Crippen LogP contribution in [0.25, 0.3) is 0 Å². The third-order valence-electron chi connectivity index (χ3n) is 4.49. The second-order valence-electron chi connectivity index (χ2n) is 6.69. The van der Waals surface area contributed by atoms with E-state index in [4.69, 9.17) is 5.10 Å². The van der Waals surface area contributed by atoms with Crippen molar-refractivity contribution in [1.82, 2.24) is 15.1 Å². The molecule has 1 atom stereocenters. The van der Waals surface area contributed by atoms with Gasteiger partial charge in [0.05, 0.1) is 5.69 Å². The van der Waals surface area contributed by atoms with Crippen molar-refractivity contribution in [2.75, 3.05) is 13.1 Å². The van der Waals surface area contributed by atoms with Gasteiger partial charge in [0.2, 0.25) is 0 Å². The van der Waals surface area contributed by atoms with Crippen molar-refractivity contribution in [1.29, 1.82) is 0 Å². The molecule has 1 heterocycles. The molecular weight excluding hydrogens is 258 g/mol. The summed E-state index contributed by atoms with van der Waals surface area (Å²) in [5.74, 6) is 0. The lowest BCUT2D eigenvalue weighted by Gasteiger charge is -2.33. The van der Waals surface area contributed by atoms with Gasteiger partial charge in [0, 0.05) is 18.8 Å². The first-order valence-electron chi connectivity index (χ1n) is 8.81. The zero-order valence-corrected chi connectivity index (χ0v) is 14.8. The number of nitrogens with one attached hydrogen (secondary N) is 1. The first-order valence-corrected chi connectivity index (χ1v) is 8.81. The summed E-state index contributed by atoms with van der Waals surface area (Å²) < 4.78 is 2.08. The quantitative estimate of drug-likeness (QED) is 0.605. The molecule has 0 spiro atoms. The molecule has 0 bridgehead atoms. The molecule has 21 heavy (non-hydrogen) atoms. The van der Waals surface area contributed by atoms with Gasteiger partial charge in [-0.3, -0.25) is 4.68 Å². The molecule has 0 saturated carbocycles. The molecule has 0 fully saturated rings. The Hall–Kier alpha value is -0.830. The van der Waals surface area contributed by atoms with E-state index in [0.29, 0.717) is 11.5 Å². The number of hydrogen-bond donors (Lipinski definition) is 1. The van der Waals surface area contributed by atoms with Crippen molar-refractivity contribution in [2.45, 2.75) is 79.2 Å². The van der Waals surface area contributed by atoms with E-state index < -0.39 is 0 Å². The van der Waals surface area contributed by atoms with Crippen LogP contribution in [0.4, 0.5) is 0 Å². The fraction of sp³-hybridized carbons (Fsp3) is 0.833. The van der Waals surface area contributed by atoms with Crippen LogP contribution in [0.2, 0.25) is 0 Å². The molecule has 0 aliphatic carbocycles. The Labute approximate surface area is 131 Å². The summed E-state index contributed by atoms with van der Waals surface area (Å²) in [6, 6.07) is 2.65. The van der Waals surface area contributed by atoms with Crippen LogP contribution >= 0.6 is 0 Å². The molecule has 3 nitrogen and oxygen atoms in total. The SMILES string of the molecule is CCCCC(CC)(CNCCC)Cc1ccn(C(C)C)n1. The van der Waals surface area contributed by atoms with Crippen molar-refractivity contribution in [3.8, 4) is 0 Å². The molecule has 0 aliphatic rings. The normalized spacial score (nSPS) is 14.6. The van der Waals surface area contributed by atoms with Gasteiger partial charge in [0.1, 0.15) is 0 Å². The molecular formula is C18H35N3. The van der Waals surface area contributed by atoms with E-state index in [1.165, 1.54) is 37.8 Å². The predicted molar refractivity (Wildman–Crippen MR) is 91.7 cm³/mol. The van der Waals surface area contributed by atoms with Crippen LogP contribution in [0.1, 0.15) is 78.5 Å². The summed E-state index contributed by atoms with van der Waals surface area (Å²) in [6.45, 7) is 13.5. The maximum absolute atomic E-state index is 4.77. The molecule has 122 valence electrons. The van der Waals surface area contributed by atoms with E-state index in [1.807, 2.05) is 0 Å². The Bertz CT molecular complexity index is 384. The maximum Gasteiger partial charge on any atom is 0.0630 e. The molecule has 0 saturated heterocycles. The lowest BCUT2D eigenvalue weighted by atomic mass is 9.76. The zero-order valence-electron chi connectivity index (χ0n) is 14.8. The fourth-order valence-corrected chi connectivity index (χ4v) is 2.89. The van der Waals surface area contributed by atoms with Crippen molar-refractivity contribution < 1.29 is 0 Å². The average Bonchev–Trinajstić information content (AvgIpc) is 2.93. The topological polar surface area (TPSA) is 29.9 Å². The highest BCUT2D eigenvalue weighted by molar-refractivity contribution is 5.04. The zero-order chi connectivity index (χ0) is 15.7. The van der Waals surface area contributed by atoms with Gasteiger partial charge in [-0.25, -0.2) is 0 Å². The molecule has 3 heteroatoms. The van der Waals surface area contributed by atoms with Gasteiger partial charge >= 0.3 is 0 Å². The van der Waals surface area contributed by atoms with Crippen molar-refractivity contribution in [2.24, 2.45) is 5.41 Å². The number of unbranched alkanes of at least 4 members (excludes halogenated alkanes) is 1. The Kier molecular flexibility index (Phi) is 8.02. The Morgan fingerprint density at radius 1 is 1.24 bits per heavy atom. The first kappa shape index (κ1) is 18.2. The van der Waals surface area contributed by atoms with E-state index in [1.54, 1.807) is 0 Å². The van der Waals surface area contributed by atoms with Crippen molar-refractivity contribution in [3.63, 3.8) is 0 Å².